The van der Waals surface area contributed by atoms with E-state index in [9.17, 15) is 59.9 Å². The van der Waals surface area contributed by atoms with Gasteiger partial charge in [-0.3, -0.25) is 23.6 Å². The van der Waals surface area contributed by atoms with E-state index in [4.69, 9.17) is 28.0 Å². The Hall–Kier alpha value is -1.84. The fourth-order valence-corrected chi connectivity index (χ4v) is 10.7. The second-order valence-electron chi connectivity index (χ2n) is 21.1. The second-order valence-corrected chi connectivity index (χ2v) is 22.6. The van der Waals surface area contributed by atoms with Gasteiger partial charge in [0.05, 0.1) is 13.2 Å². The average Bonchev–Trinajstić information content (AvgIpc) is 3.38. The summed E-state index contributed by atoms with van der Waals surface area (Å²) in [6.07, 6.45) is 16.3. The van der Waals surface area contributed by atoms with Crippen LogP contribution in [0, 0.1) is 0 Å². The highest BCUT2D eigenvalue weighted by molar-refractivity contribution is 7.47. The lowest BCUT2D eigenvalue weighted by Crippen LogP contribution is -2.67. The number of hydrogen-bond donors (Lipinski definition) is 8. The van der Waals surface area contributed by atoms with Crippen molar-refractivity contribution >= 4 is 25.7 Å². The molecule has 0 radical (unpaired) electrons. The molecule has 0 aromatic carbocycles. The van der Waals surface area contributed by atoms with Crippen molar-refractivity contribution in [3.63, 3.8) is 0 Å². The molecule has 2 rings (SSSR count). The molecule has 1 unspecified atom stereocenters. The molecular formula is C55H103NO18P-. The first kappa shape index (κ1) is 69.3. The van der Waals surface area contributed by atoms with E-state index in [-0.39, 0.29) is 12.8 Å². The zero-order valence-corrected chi connectivity index (χ0v) is 47.0. The summed E-state index contributed by atoms with van der Waals surface area (Å²) < 4.78 is 46.3. The van der Waals surface area contributed by atoms with E-state index in [1.165, 1.54) is 141 Å². The molecule has 0 bridgehead atoms. The standard InChI is InChI=1S/C55H104NO18P/c1-4-6-8-10-12-14-16-18-20-21-23-25-27-29-31-33-35-37-45(60)71-42(39-69-44(59)36-34-32-30-28-26-24-22-19-17-15-13-11-9-7-5-2)40-70-75(67,68)74-54-52(66)50(64)49(63)51(65)53(54)73-55-46(56-41(3)58)48(62)47(61)43(38-57)72-55/h42-43,46-55,57,61-66H,4-40H2,1-3H3,(H,56,58)(H,67,68)/p-1/t42-,43-,46-,47-,48-,49-,50-,51+,52-,53-,54-,55-/m1/s1. The van der Waals surface area contributed by atoms with Crippen molar-refractivity contribution in [1.29, 1.82) is 0 Å². The third-order valence-corrected chi connectivity index (χ3v) is 15.4. The lowest BCUT2D eigenvalue weighted by Gasteiger charge is -2.47. The lowest BCUT2D eigenvalue weighted by atomic mass is 9.84. The maximum absolute atomic E-state index is 13.6. The summed E-state index contributed by atoms with van der Waals surface area (Å²) in [5, 5.41) is 86.0. The van der Waals surface area contributed by atoms with E-state index in [2.05, 4.69) is 18.8 Å². The second kappa shape index (κ2) is 42.1. The maximum Gasteiger partial charge on any atom is 0.472 e. The number of esters is 2. The molecule has 8 N–H and O–H groups in total. The number of hydrogen-bond acceptors (Lipinski definition) is 18. The Labute approximate surface area is 449 Å². The molecule has 1 saturated heterocycles. The topological polar surface area (TPSA) is 304 Å². The monoisotopic (exact) mass is 1100 g/mol. The predicted octanol–water partition coefficient (Wildman–Crippen LogP) is 7.68. The molecule has 1 heterocycles. The van der Waals surface area contributed by atoms with Crippen LogP contribution in [0.25, 0.3) is 0 Å². The van der Waals surface area contributed by atoms with Gasteiger partial charge >= 0.3 is 19.8 Å². The van der Waals surface area contributed by atoms with Gasteiger partial charge in [-0.05, 0) is 25.7 Å². The average molecular weight is 1100 g/mol. The van der Waals surface area contributed by atoms with Crippen LogP contribution >= 0.6 is 7.82 Å². The minimum absolute atomic E-state index is 0.0316. The van der Waals surface area contributed by atoms with Crippen LogP contribution in [-0.4, -0.2) is 152 Å². The Morgan fingerprint density at radius 2 is 0.933 bits per heavy atom. The van der Waals surface area contributed by atoms with Gasteiger partial charge in [0, 0.05) is 12.8 Å². The van der Waals surface area contributed by atoms with Crippen LogP contribution in [0.2, 0.25) is 0 Å². The van der Waals surface area contributed by atoms with Crippen molar-refractivity contribution in [2.75, 3.05) is 19.8 Å². The summed E-state index contributed by atoms with van der Waals surface area (Å²) in [5.41, 5.74) is 0. The number of carbonyl (C=O) groups excluding carboxylic acids is 2. The van der Waals surface area contributed by atoms with Gasteiger partial charge in [-0.25, -0.2) is 4.57 Å². The predicted molar refractivity (Wildman–Crippen MR) is 283 cm³/mol. The number of phosphoric ester groups is 1. The number of aliphatic hydroxyl groups excluding tert-OH is 7. The van der Waals surface area contributed by atoms with Crippen molar-refractivity contribution in [2.24, 2.45) is 4.99 Å². The van der Waals surface area contributed by atoms with Crippen LogP contribution in [0.3, 0.4) is 0 Å². The molecule has 19 nitrogen and oxygen atoms in total. The van der Waals surface area contributed by atoms with Gasteiger partial charge in [-0.2, -0.15) is 0 Å². The number of ether oxygens (including phenoxy) is 4. The van der Waals surface area contributed by atoms with Crippen LogP contribution in [0.4, 0.5) is 0 Å². The SMILES string of the molecule is CCCCCCCCCCCCCCCCCCCC(=O)O[C@H](COC(=O)CCCCCCCCCCCCCCCCC)COP(=O)(O)O[C@@H]1[C@H](O)[C@H](O)[C@@H](O)[C@H](O)[C@H]1O[C@H]1O[C@H](CO)[C@@H](O)[C@H](O)[C@H]1N=C(C)[O-]. The van der Waals surface area contributed by atoms with E-state index in [0.29, 0.717) is 12.8 Å². The van der Waals surface area contributed by atoms with Crippen LogP contribution in [0.1, 0.15) is 239 Å². The van der Waals surface area contributed by atoms with Crippen LogP contribution in [0.15, 0.2) is 4.99 Å². The molecule has 20 heteroatoms. The van der Waals surface area contributed by atoms with Crippen molar-refractivity contribution < 1.29 is 87.9 Å². The van der Waals surface area contributed by atoms with Gasteiger partial charge in [0.2, 0.25) is 0 Å². The number of carbonyl (C=O) groups is 2. The molecule has 0 aromatic rings. The number of nitrogens with zero attached hydrogens (tertiary/aromatic N) is 1. The molecule has 0 spiro atoms. The lowest BCUT2D eigenvalue weighted by molar-refractivity contribution is -0.315. The van der Waals surface area contributed by atoms with Crippen molar-refractivity contribution in [3.05, 3.63) is 0 Å². The van der Waals surface area contributed by atoms with E-state index >= 15 is 0 Å². The van der Waals surface area contributed by atoms with Gasteiger partial charge in [-0.1, -0.05) is 206 Å². The fourth-order valence-electron chi connectivity index (χ4n) is 9.76. The maximum atomic E-state index is 13.6. The van der Waals surface area contributed by atoms with E-state index in [1.807, 2.05) is 0 Å². The minimum atomic E-state index is -5.41. The van der Waals surface area contributed by atoms with E-state index in [1.54, 1.807) is 0 Å². The molecule has 2 aliphatic rings. The van der Waals surface area contributed by atoms with Crippen LogP contribution in [0.5, 0.6) is 0 Å². The fraction of sp³-hybridized carbons (Fsp3) is 0.945. The molecule has 0 amide bonds. The summed E-state index contributed by atoms with van der Waals surface area (Å²) in [6.45, 7) is 3.26. The Balaban J connectivity index is 1.95. The van der Waals surface area contributed by atoms with Crippen molar-refractivity contribution in [2.45, 2.75) is 312 Å². The molecule has 1 aliphatic heterocycles. The largest absolute Gasteiger partial charge is 0.862 e. The van der Waals surface area contributed by atoms with Crippen LogP contribution in [-0.2, 0) is 42.1 Å². The highest BCUT2D eigenvalue weighted by Crippen LogP contribution is 2.48. The van der Waals surface area contributed by atoms with Crippen molar-refractivity contribution in [1.82, 2.24) is 0 Å². The number of phosphoric acid groups is 1. The van der Waals surface area contributed by atoms with E-state index in [0.717, 1.165) is 58.3 Å². The zero-order valence-electron chi connectivity index (χ0n) is 46.1. The molecule has 1 aliphatic carbocycles. The Morgan fingerprint density at radius 1 is 0.547 bits per heavy atom. The summed E-state index contributed by atoms with van der Waals surface area (Å²) in [7, 11) is -5.41. The van der Waals surface area contributed by atoms with Gasteiger partial charge in [0.1, 0.15) is 67.6 Å². The van der Waals surface area contributed by atoms with Gasteiger partial charge in [0.15, 0.2) is 12.4 Å². The molecule has 2 fully saturated rings. The van der Waals surface area contributed by atoms with Crippen molar-refractivity contribution in [3.8, 4) is 0 Å². The number of aliphatic imine (C=N–C) groups is 1. The first-order valence-electron chi connectivity index (χ1n) is 29.3. The van der Waals surface area contributed by atoms with Gasteiger partial charge in [0.25, 0.3) is 0 Å². The van der Waals surface area contributed by atoms with Crippen LogP contribution < -0.4 is 5.11 Å². The molecule has 442 valence electrons. The Kier molecular flexibility index (Phi) is 38.9. The Bertz CT molecular complexity index is 1530. The summed E-state index contributed by atoms with van der Waals surface area (Å²) in [4.78, 5) is 40.6. The number of rotatable bonds is 46. The first-order valence-corrected chi connectivity index (χ1v) is 30.8. The molecule has 1 saturated carbocycles. The highest BCUT2D eigenvalue weighted by atomic mass is 31.2. The minimum Gasteiger partial charge on any atom is -0.862 e. The third kappa shape index (κ3) is 30.4. The highest BCUT2D eigenvalue weighted by Gasteiger charge is 2.55. The molecule has 75 heavy (non-hydrogen) atoms. The van der Waals surface area contributed by atoms with Gasteiger partial charge < -0.3 is 64.7 Å². The smallest absolute Gasteiger partial charge is 0.472 e. The normalized spacial score (nSPS) is 26.5. The third-order valence-electron chi connectivity index (χ3n) is 14.4. The van der Waals surface area contributed by atoms with Gasteiger partial charge in [-0.15, -0.1) is 0 Å². The Morgan fingerprint density at radius 3 is 1.33 bits per heavy atom. The summed E-state index contributed by atoms with van der Waals surface area (Å²) >= 11 is 0. The molecule has 13 atom stereocenters. The molecule has 0 aromatic heterocycles. The summed E-state index contributed by atoms with van der Waals surface area (Å²) in [6, 6.07) is -1.70. The quantitative estimate of drug-likeness (QED) is 0.00953. The number of aliphatic hydroxyl groups is 7. The number of unbranched alkanes of at least 4 members (excludes halogenated alkanes) is 30. The van der Waals surface area contributed by atoms with E-state index < -0.39 is 119 Å². The first-order chi connectivity index (χ1) is 36.1. The zero-order chi connectivity index (χ0) is 55.3. The summed E-state index contributed by atoms with van der Waals surface area (Å²) in [5.74, 6) is -2.06. The molecular weight excluding hydrogens is 994 g/mol.